The van der Waals surface area contributed by atoms with Gasteiger partial charge in [0.25, 0.3) is 0 Å². The molecule has 5 nitrogen and oxygen atoms in total. The molecule has 0 aliphatic heterocycles. The van der Waals surface area contributed by atoms with Gasteiger partial charge >= 0.3 is 0 Å². The van der Waals surface area contributed by atoms with E-state index in [0.29, 0.717) is 0 Å². The first-order valence-corrected chi connectivity index (χ1v) is 9.73. The van der Waals surface area contributed by atoms with Crippen LogP contribution in [0.15, 0.2) is 65.6 Å². The Balaban J connectivity index is 1.65. The number of aryl methyl sites for hydroxylation is 1. The van der Waals surface area contributed by atoms with Crippen LogP contribution in [0.1, 0.15) is 5.56 Å². The molecule has 3 aromatic carbocycles. The van der Waals surface area contributed by atoms with E-state index in [4.69, 9.17) is 9.47 Å². The second-order valence-electron chi connectivity index (χ2n) is 5.94. The summed E-state index contributed by atoms with van der Waals surface area (Å²) in [6.07, 6.45) is 0. The van der Waals surface area contributed by atoms with Crippen LogP contribution < -0.4 is 14.2 Å². The lowest BCUT2D eigenvalue weighted by molar-refractivity contribution is 0.322. The van der Waals surface area contributed by atoms with Gasteiger partial charge in [-0.1, -0.05) is 24.3 Å². The summed E-state index contributed by atoms with van der Waals surface area (Å²) in [5, 5.41) is 1.76. The quantitative estimate of drug-likeness (QED) is 0.646. The van der Waals surface area contributed by atoms with Gasteiger partial charge in [-0.25, -0.2) is 13.1 Å². The van der Waals surface area contributed by atoms with Crippen LogP contribution >= 0.6 is 0 Å². The third-order valence-corrected chi connectivity index (χ3v) is 5.44. The number of hydrogen-bond donors (Lipinski definition) is 1. The monoisotopic (exact) mass is 371 g/mol. The SMILES string of the molecule is COc1ccc2cc(S(=O)(=O)NCCOc3cccc(C)c3)ccc2c1. The number of rotatable bonds is 7. The van der Waals surface area contributed by atoms with E-state index in [1.54, 1.807) is 25.3 Å². The van der Waals surface area contributed by atoms with Crippen molar-refractivity contribution in [1.82, 2.24) is 4.72 Å². The first-order chi connectivity index (χ1) is 12.5. The number of nitrogens with one attached hydrogen (secondary N) is 1. The highest BCUT2D eigenvalue weighted by Gasteiger charge is 2.14. The molecule has 0 bridgehead atoms. The molecular formula is C20H21NO4S. The predicted octanol–water partition coefficient (Wildman–Crippen LogP) is 3.51. The van der Waals surface area contributed by atoms with E-state index in [1.165, 1.54) is 0 Å². The fourth-order valence-electron chi connectivity index (χ4n) is 2.63. The summed E-state index contributed by atoms with van der Waals surface area (Å²) in [5.41, 5.74) is 1.09. The maximum Gasteiger partial charge on any atom is 0.240 e. The molecule has 0 amide bonds. The lowest BCUT2D eigenvalue weighted by atomic mass is 10.1. The number of hydrogen-bond acceptors (Lipinski definition) is 4. The van der Waals surface area contributed by atoms with Gasteiger partial charge in [0.1, 0.15) is 18.1 Å². The van der Waals surface area contributed by atoms with Crippen LogP contribution in [0.3, 0.4) is 0 Å². The summed E-state index contributed by atoms with van der Waals surface area (Å²) in [7, 11) is -1.99. The lowest BCUT2D eigenvalue weighted by Gasteiger charge is -2.10. The van der Waals surface area contributed by atoms with Crippen LogP contribution in [0, 0.1) is 6.92 Å². The zero-order valence-electron chi connectivity index (χ0n) is 14.7. The Bertz CT molecular complexity index is 1020. The number of fused-ring (bicyclic) bond motifs is 1. The summed E-state index contributed by atoms with van der Waals surface area (Å²) in [4.78, 5) is 0.228. The molecule has 0 saturated carbocycles. The first-order valence-electron chi connectivity index (χ1n) is 8.25. The van der Waals surface area contributed by atoms with Crippen molar-refractivity contribution in [3.63, 3.8) is 0 Å². The van der Waals surface area contributed by atoms with E-state index in [9.17, 15) is 8.42 Å². The molecule has 0 aliphatic carbocycles. The zero-order valence-corrected chi connectivity index (χ0v) is 15.5. The molecule has 3 aromatic rings. The molecular weight excluding hydrogens is 350 g/mol. The van der Waals surface area contributed by atoms with E-state index in [1.807, 2.05) is 49.4 Å². The number of ether oxygens (including phenoxy) is 2. The Morgan fingerprint density at radius 3 is 2.46 bits per heavy atom. The topological polar surface area (TPSA) is 64.6 Å². The Morgan fingerprint density at radius 2 is 1.69 bits per heavy atom. The molecule has 0 unspecified atom stereocenters. The minimum absolute atomic E-state index is 0.191. The number of benzene rings is 3. The van der Waals surface area contributed by atoms with Crippen LogP contribution in [0.2, 0.25) is 0 Å². The molecule has 1 N–H and O–H groups in total. The summed E-state index contributed by atoms with van der Waals surface area (Å²) >= 11 is 0. The van der Waals surface area contributed by atoms with Crippen molar-refractivity contribution in [2.24, 2.45) is 0 Å². The third-order valence-electron chi connectivity index (χ3n) is 3.98. The highest BCUT2D eigenvalue weighted by Crippen LogP contribution is 2.23. The van der Waals surface area contributed by atoms with Gasteiger partial charge in [0.15, 0.2) is 0 Å². The van der Waals surface area contributed by atoms with Gasteiger partial charge in [-0.15, -0.1) is 0 Å². The van der Waals surface area contributed by atoms with Crippen LogP contribution in [-0.4, -0.2) is 28.7 Å². The normalized spacial score (nSPS) is 11.5. The Morgan fingerprint density at radius 1 is 0.923 bits per heavy atom. The maximum atomic E-state index is 12.5. The maximum absolute atomic E-state index is 12.5. The van der Waals surface area contributed by atoms with Crippen molar-refractivity contribution in [3.05, 3.63) is 66.2 Å². The molecule has 6 heteroatoms. The minimum Gasteiger partial charge on any atom is -0.497 e. The van der Waals surface area contributed by atoms with Gasteiger partial charge < -0.3 is 9.47 Å². The van der Waals surface area contributed by atoms with Crippen LogP contribution in [0.4, 0.5) is 0 Å². The molecule has 0 saturated heterocycles. The van der Waals surface area contributed by atoms with Crippen LogP contribution in [-0.2, 0) is 10.0 Å². The second-order valence-corrected chi connectivity index (χ2v) is 7.70. The van der Waals surface area contributed by atoms with Gasteiger partial charge in [-0.3, -0.25) is 0 Å². The average molecular weight is 371 g/mol. The van der Waals surface area contributed by atoms with Crippen LogP contribution in [0.5, 0.6) is 11.5 Å². The summed E-state index contributed by atoms with van der Waals surface area (Å²) in [6, 6.07) is 18.2. The number of sulfonamides is 1. The lowest BCUT2D eigenvalue weighted by Crippen LogP contribution is -2.28. The van der Waals surface area contributed by atoms with Crippen LogP contribution in [0.25, 0.3) is 10.8 Å². The third kappa shape index (κ3) is 4.33. The first kappa shape index (κ1) is 18.2. The molecule has 0 fully saturated rings. The standard InChI is InChI=1S/C20H21NO4S/c1-15-4-3-5-19(12-15)25-11-10-21-26(22,23)20-9-7-16-13-18(24-2)8-6-17(16)14-20/h3-9,12-14,21H,10-11H2,1-2H3. The molecule has 0 atom stereocenters. The molecule has 0 aliphatic rings. The minimum atomic E-state index is -3.59. The van der Waals surface area contributed by atoms with Gasteiger partial charge in [0.05, 0.1) is 12.0 Å². The molecule has 0 aromatic heterocycles. The van der Waals surface area contributed by atoms with Crippen molar-refractivity contribution >= 4 is 20.8 Å². The Labute approximate surface area is 153 Å². The van der Waals surface area contributed by atoms with Gasteiger partial charge in [-0.05, 0) is 59.7 Å². The molecule has 3 rings (SSSR count). The van der Waals surface area contributed by atoms with E-state index in [-0.39, 0.29) is 18.0 Å². The second kappa shape index (κ2) is 7.76. The fraction of sp³-hybridized carbons (Fsp3) is 0.200. The zero-order chi connectivity index (χ0) is 18.6. The number of methoxy groups -OCH3 is 1. The van der Waals surface area contributed by atoms with Gasteiger partial charge in [-0.2, -0.15) is 0 Å². The molecule has 0 radical (unpaired) electrons. The molecule has 136 valence electrons. The average Bonchev–Trinajstić information content (AvgIpc) is 2.64. The molecule has 0 spiro atoms. The van der Waals surface area contributed by atoms with E-state index in [2.05, 4.69) is 4.72 Å². The summed E-state index contributed by atoms with van der Waals surface area (Å²) in [6.45, 7) is 2.43. The van der Waals surface area contributed by atoms with Crippen molar-refractivity contribution in [2.75, 3.05) is 20.3 Å². The Kier molecular flexibility index (Phi) is 5.44. The molecule has 26 heavy (non-hydrogen) atoms. The largest absolute Gasteiger partial charge is 0.497 e. The highest BCUT2D eigenvalue weighted by molar-refractivity contribution is 7.89. The van der Waals surface area contributed by atoms with Crippen molar-refractivity contribution in [3.8, 4) is 11.5 Å². The smallest absolute Gasteiger partial charge is 0.240 e. The fourth-order valence-corrected chi connectivity index (χ4v) is 3.68. The van der Waals surface area contributed by atoms with Crippen molar-refractivity contribution in [1.29, 1.82) is 0 Å². The van der Waals surface area contributed by atoms with E-state index >= 15 is 0 Å². The predicted molar refractivity (Wildman–Crippen MR) is 102 cm³/mol. The molecule has 0 heterocycles. The van der Waals surface area contributed by atoms with Crippen molar-refractivity contribution in [2.45, 2.75) is 11.8 Å². The van der Waals surface area contributed by atoms with Gasteiger partial charge in [0.2, 0.25) is 10.0 Å². The van der Waals surface area contributed by atoms with E-state index in [0.717, 1.165) is 27.8 Å². The van der Waals surface area contributed by atoms with Crippen molar-refractivity contribution < 1.29 is 17.9 Å². The summed E-state index contributed by atoms with van der Waals surface area (Å²) in [5.74, 6) is 1.46. The van der Waals surface area contributed by atoms with Gasteiger partial charge in [0, 0.05) is 6.54 Å². The Hall–Kier alpha value is -2.57. The summed E-state index contributed by atoms with van der Waals surface area (Å²) < 4.78 is 38.3. The van der Waals surface area contributed by atoms with E-state index < -0.39 is 10.0 Å². The highest BCUT2D eigenvalue weighted by atomic mass is 32.2.